The fourth-order valence-corrected chi connectivity index (χ4v) is 2.01. The summed E-state index contributed by atoms with van der Waals surface area (Å²) in [6.45, 7) is 0. The quantitative estimate of drug-likeness (QED) is 0.632. The summed E-state index contributed by atoms with van der Waals surface area (Å²) < 4.78 is 25.0. The van der Waals surface area contributed by atoms with Crippen molar-refractivity contribution >= 4 is 5.97 Å². The van der Waals surface area contributed by atoms with Crippen molar-refractivity contribution in [2.24, 2.45) is 17.8 Å². The summed E-state index contributed by atoms with van der Waals surface area (Å²) in [5, 5.41) is 8.48. The number of hydrogen-bond donors (Lipinski definition) is 1. The molecule has 62 valence electrons. The average molecular weight is 162 g/mol. The standard InChI is InChI=1S/C7H8F2O2/c8-7(9)4-1-3(6(10)11)2-5(4)7/h3-5H,1-2H2,(H,10,11)/t3?,4-,5?/m0/s1. The summed E-state index contributed by atoms with van der Waals surface area (Å²) in [6, 6.07) is 0. The van der Waals surface area contributed by atoms with Crippen LogP contribution in [0.2, 0.25) is 0 Å². The molecule has 0 radical (unpaired) electrons. The van der Waals surface area contributed by atoms with Crippen molar-refractivity contribution in [1.82, 2.24) is 0 Å². The molecule has 4 heteroatoms. The molecule has 2 fully saturated rings. The van der Waals surface area contributed by atoms with Crippen molar-refractivity contribution in [1.29, 1.82) is 0 Å². The SMILES string of the molecule is O=C(O)C1CC2[C@H](C1)C2(F)F. The first-order chi connectivity index (χ1) is 5.03. The number of carboxylic acid groups (broad SMARTS) is 1. The molecule has 0 bridgehead atoms. The summed E-state index contributed by atoms with van der Waals surface area (Å²) in [7, 11) is 0. The van der Waals surface area contributed by atoms with Gasteiger partial charge < -0.3 is 5.11 Å². The van der Waals surface area contributed by atoms with Gasteiger partial charge in [-0.3, -0.25) is 4.79 Å². The molecular weight excluding hydrogens is 154 g/mol. The molecule has 0 aliphatic heterocycles. The molecule has 2 rings (SSSR count). The fourth-order valence-electron chi connectivity index (χ4n) is 2.01. The first-order valence-corrected chi connectivity index (χ1v) is 3.64. The maximum Gasteiger partial charge on any atom is 0.306 e. The van der Waals surface area contributed by atoms with Gasteiger partial charge in [-0.2, -0.15) is 0 Å². The predicted octanol–water partition coefficient (Wildman–Crippen LogP) is 1.36. The number of fused-ring (bicyclic) bond motifs is 1. The van der Waals surface area contributed by atoms with Gasteiger partial charge in [-0.1, -0.05) is 0 Å². The van der Waals surface area contributed by atoms with Crippen LogP contribution < -0.4 is 0 Å². The van der Waals surface area contributed by atoms with E-state index in [-0.39, 0.29) is 12.8 Å². The number of rotatable bonds is 1. The molecule has 0 amide bonds. The molecule has 2 saturated carbocycles. The van der Waals surface area contributed by atoms with E-state index in [0.29, 0.717) is 0 Å². The fraction of sp³-hybridized carbons (Fsp3) is 0.857. The molecule has 2 aliphatic rings. The van der Waals surface area contributed by atoms with E-state index in [1.54, 1.807) is 0 Å². The third-order valence-electron chi connectivity index (χ3n) is 2.79. The second kappa shape index (κ2) is 1.73. The van der Waals surface area contributed by atoms with E-state index in [4.69, 9.17) is 5.11 Å². The topological polar surface area (TPSA) is 37.3 Å². The van der Waals surface area contributed by atoms with Gasteiger partial charge in [0.25, 0.3) is 5.92 Å². The third kappa shape index (κ3) is 0.781. The first-order valence-electron chi connectivity index (χ1n) is 3.64. The summed E-state index contributed by atoms with van der Waals surface area (Å²) in [5.41, 5.74) is 0. The molecule has 0 saturated heterocycles. The highest BCUT2D eigenvalue weighted by Crippen LogP contribution is 2.65. The Kier molecular flexibility index (Phi) is 1.10. The van der Waals surface area contributed by atoms with Gasteiger partial charge in [-0.05, 0) is 12.8 Å². The van der Waals surface area contributed by atoms with Gasteiger partial charge in [-0.25, -0.2) is 8.78 Å². The van der Waals surface area contributed by atoms with Gasteiger partial charge >= 0.3 is 5.97 Å². The Hall–Kier alpha value is -0.670. The van der Waals surface area contributed by atoms with Crippen molar-refractivity contribution in [3.05, 3.63) is 0 Å². The second-order valence-corrected chi connectivity index (χ2v) is 3.39. The zero-order valence-corrected chi connectivity index (χ0v) is 5.76. The van der Waals surface area contributed by atoms with Gasteiger partial charge in [0.1, 0.15) is 0 Å². The Bertz CT molecular complexity index is 200. The van der Waals surface area contributed by atoms with Gasteiger partial charge in [0.2, 0.25) is 0 Å². The van der Waals surface area contributed by atoms with E-state index in [1.807, 2.05) is 0 Å². The molecule has 0 aromatic heterocycles. The van der Waals surface area contributed by atoms with Crippen LogP contribution in [-0.4, -0.2) is 17.0 Å². The van der Waals surface area contributed by atoms with Crippen LogP contribution in [-0.2, 0) is 4.79 Å². The smallest absolute Gasteiger partial charge is 0.306 e. The van der Waals surface area contributed by atoms with E-state index in [0.717, 1.165) is 0 Å². The van der Waals surface area contributed by atoms with Crippen molar-refractivity contribution < 1.29 is 18.7 Å². The van der Waals surface area contributed by atoms with Gasteiger partial charge in [0.15, 0.2) is 0 Å². The Morgan fingerprint density at radius 2 is 1.82 bits per heavy atom. The van der Waals surface area contributed by atoms with Gasteiger partial charge in [0, 0.05) is 11.8 Å². The largest absolute Gasteiger partial charge is 0.481 e. The minimum atomic E-state index is -2.54. The molecule has 2 nitrogen and oxygen atoms in total. The molecule has 0 spiro atoms. The normalized spacial score (nSPS) is 45.1. The van der Waals surface area contributed by atoms with Crippen LogP contribution in [0.3, 0.4) is 0 Å². The van der Waals surface area contributed by atoms with E-state index in [2.05, 4.69) is 0 Å². The minimum Gasteiger partial charge on any atom is -0.481 e. The lowest BCUT2D eigenvalue weighted by atomic mass is 10.0. The average Bonchev–Trinajstić information content (AvgIpc) is 2.28. The Morgan fingerprint density at radius 3 is 2.18 bits per heavy atom. The summed E-state index contributed by atoms with van der Waals surface area (Å²) in [4.78, 5) is 10.3. The highest BCUT2D eigenvalue weighted by Gasteiger charge is 2.72. The summed E-state index contributed by atoms with van der Waals surface area (Å²) in [5.74, 6) is -5.21. The molecule has 0 heterocycles. The highest BCUT2D eigenvalue weighted by atomic mass is 19.3. The third-order valence-corrected chi connectivity index (χ3v) is 2.79. The van der Waals surface area contributed by atoms with E-state index >= 15 is 0 Å². The number of halogens is 2. The van der Waals surface area contributed by atoms with Crippen LogP contribution in [0.25, 0.3) is 0 Å². The van der Waals surface area contributed by atoms with Gasteiger partial charge in [0.05, 0.1) is 5.92 Å². The Labute approximate surface area is 62.2 Å². The number of carboxylic acids is 1. The van der Waals surface area contributed by atoms with Crippen LogP contribution in [0.5, 0.6) is 0 Å². The maximum atomic E-state index is 12.5. The molecular formula is C7H8F2O2. The zero-order valence-electron chi connectivity index (χ0n) is 5.76. The summed E-state index contributed by atoms with van der Waals surface area (Å²) >= 11 is 0. The van der Waals surface area contributed by atoms with Crippen LogP contribution in [0.1, 0.15) is 12.8 Å². The second-order valence-electron chi connectivity index (χ2n) is 3.39. The van der Waals surface area contributed by atoms with E-state index in [9.17, 15) is 13.6 Å². The first kappa shape index (κ1) is 7.00. The lowest BCUT2D eigenvalue weighted by Gasteiger charge is -2.07. The van der Waals surface area contributed by atoms with Crippen molar-refractivity contribution in [3.8, 4) is 0 Å². The molecule has 3 atom stereocenters. The minimum absolute atomic E-state index is 0.174. The van der Waals surface area contributed by atoms with Crippen molar-refractivity contribution in [2.45, 2.75) is 18.8 Å². The zero-order chi connectivity index (χ0) is 8.22. The van der Waals surface area contributed by atoms with E-state index in [1.165, 1.54) is 0 Å². The summed E-state index contributed by atoms with van der Waals surface area (Å²) in [6.07, 6.45) is 0.347. The lowest BCUT2D eigenvalue weighted by molar-refractivity contribution is -0.142. The van der Waals surface area contributed by atoms with E-state index < -0.39 is 29.6 Å². The van der Waals surface area contributed by atoms with Crippen LogP contribution in [0.4, 0.5) is 8.78 Å². The van der Waals surface area contributed by atoms with Crippen LogP contribution in [0, 0.1) is 17.8 Å². The van der Waals surface area contributed by atoms with Gasteiger partial charge in [-0.15, -0.1) is 0 Å². The molecule has 2 aliphatic carbocycles. The maximum absolute atomic E-state index is 12.5. The Morgan fingerprint density at radius 1 is 1.36 bits per heavy atom. The number of carbonyl (C=O) groups is 1. The molecule has 1 N–H and O–H groups in total. The molecule has 2 unspecified atom stereocenters. The van der Waals surface area contributed by atoms with Crippen molar-refractivity contribution in [3.63, 3.8) is 0 Å². The number of alkyl halides is 2. The predicted molar refractivity (Wildman–Crippen MR) is 32.3 cm³/mol. The highest BCUT2D eigenvalue weighted by molar-refractivity contribution is 5.71. The lowest BCUT2D eigenvalue weighted by Crippen LogP contribution is -2.15. The molecule has 0 aromatic rings. The Balaban J connectivity index is 2.00. The molecule has 0 aromatic carbocycles. The number of hydrogen-bond acceptors (Lipinski definition) is 1. The van der Waals surface area contributed by atoms with Crippen molar-refractivity contribution in [2.75, 3.05) is 0 Å². The van der Waals surface area contributed by atoms with Crippen LogP contribution in [0.15, 0.2) is 0 Å². The molecule has 11 heavy (non-hydrogen) atoms. The number of aliphatic carboxylic acids is 1. The van der Waals surface area contributed by atoms with Crippen LogP contribution >= 0.6 is 0 Å². The monoisotopic (exact) mass is 162 g/mol.